The molecule has 1 amide bonds. The summed E-state index contributed by atoms with van der Waals surface area (Å²) in [7, 11) is -4.58. The molecule has 1 atom stereocenters. The Morgan fingerprint density at radius 1 is 1.15 bits per heavy atom. The van der Waals surface area contributed by atoms with Crippen molar-refractivity contribution in [2.45, 2.75) is 24.0 Å². The molecule has 0 bridgehead atoms. The third-order valence-electron chi connectivity index (χ3n) is 6.62. The van der Waals surface area contributed by atoms with Crippen LogP contribution in [0.3, 0.4) is 0 Å². The molecule has 1 aliphatic heterocycles. The number of sulfonamides is 2. The molecule has 40 heavy (non-hydrogen) atoms. The molecule has 15 heteroatoms. The van der Waals surface area contributed by atoms with Crippen molar-refractivity contribution in [3.8, 4) is 0 Å². The summed E-state index contributed by atoms with van der Waals surface area (Å²) in [6, 6.07) is 8.83. The van der Waals surface area contributed by atoms with Crippen molar-refractivity contribution in [3.63, 3.8) is 0 Å². The van der Waals surface area contributed by atoms with Crippen LogP contribution >= 0.6 is 0 Å². The molecule has 0 radical (unpaired) electrons. The Morgan fingerprint density at radius 2 is 1.82 bits per heavy atom. The van der Waals surface area contributed by atoms with Gasteiger partial charge in [0.2, 0.25) is 20.0 Å². The predicted molar refractivity (Wildman–Crippen MR) is 142 cm³/mol. The van der Waals surface area contributed by atoms with E-state index >= 15 is 0 Å². The van der Waals surface area contributed by atoms with Gasteiger partial charge in [-0.1, -0.05) is 18.7 Å². The van der Waals surface area contributed by atoms with Gasteiger partial charge in [-0.3, -0.25) is 9.48 Å². The first-order valence-electron chi connectivity index (χ1n) is 12.1. The largest absolute Gasteiger partial charge is 0.416 e. The van der Waals surface area contributed by atoms with Crippen LogP contribution < -0.4 is 4.72 Å². The van der Waals surface area contributed by atoms with E-state index < -0.39 is 37.7 Å². The van der Waals surface area contributed by atoms with Crippen LogP contribution in [0.15, 0.2) is 59.3 Å². The molecular weight excluding hydrogens is 571 g/mol. The SMILES string of the molecule is C=CS(=O)(=O)NCC1CCN(S(=O)(=O)c2ccc3c(c2)c(C(=O)N(C)C)nn3Cc2ccc(C(F)(F)F)cc2)C1. The molecular formula is C25H28F3N5O5S2. The summed E-state index contributed by atoms with van der Waals surface area (Å²) in [5.74, 6) is -0.702. The summed E-state index contributed by atoms with van der Waals surface area (Å²) >= 11 is 0. The molecule has 2 heterocycles. The van der Waals surface area contributed by atoms with Gasteiger partial charge in [-0.15, -0.1) is 0 Å². The number of nitrogens with one attached hydrogen (secondary N) is 1. The monoisotopic (exact) mass is 599 g/mol. The summed E-state index contributed by atoms with van der Waals surface area (Å²) in [5.41, 5.74) is 0.152. The fraction of sp³-hybridized carbons (Fsp3) is 0.360. The maximum absolute atomic E-state index is 13.5. The van der Waals surface area contributed by atoms with E-state index in [0.717, 1.165) is 17.5 Å². The van der Waals surface area contributed by atoms with Crippen LogP contribution in [0.4, 0.5) is 13.2 Å². The number of amides is 1. The Hall–Kier alpha value is -3.27. The highest BCUT2D eigenvalue weighted by atomic mass is 32.2. The molecule has 1 unspecified atom stereocenters. The van der Waals surface area contributed by atoms with Gasteiger partial charge in [0.15, 0.2) is 5.69 Å². The number of halogens is 3. The molecule has 0 spiro atoms. The average Bonchev–Trinajstić information content (AvgIpc) is 3.52. The van der Waals surface area contributed by atoms with Crippen LogP contribution in [0.25, 0.3) is 10.9 Å². The number of hydrogen-bond acceptors (Lipinski definition) is 6. The van der Waals surface area contributed by atoms with Gasteiger partial charge >= 0.3 is 6.18 Å². The zero-order chi connectivity index (χ0) is 29.5. The number of carbonyl (C=O) groups excluding carboxylic acids is 1. The molecule has 216 valence electrons. The molecule has 3 aromatic rings. The van der Waals surface area contributed by atoms with Crippen LogP contribution in [0.5, 0.6) is 0 Å². The predicted octanol–water partition coefficient (Wildman–Crippen LogP) is 2.88. The summed E-state index contributed by atoms with van der Waals surface area (Å²) in [6.07, 6.45) is -4.02. The lowest BCUT2D eigenvalue weighted by Gasteiger charge is -2.17. The van der Waals surface area contributed by atoms with Crippen LogP contribution in [0.1, 0.15) is 28.0 Å². The Bertz CT molecular complexity index is 1650. The number of nitrogens with zero attached hydrogens (tertiary/aromatic N) is 4. The zero-order valence-corrected chi connectivity index (χ0v) is 23.4. The van der Waals surface area contributed by atoms with Crippen molar-refractivity contribution in [1.29, 1.82) is 0 Å². The highest BCUT2D eigenvalue weighted by Crippen LogP contribution is 2.31. The van der Waals surface area contributed by atoms with Gasteiger partial charge in [0, 0.05) is 44.5 Å². The first kappa shape index (κ1) is 29.7. The van der Waals surface area contributed by atoms with Crippen molar-refractivity contribution in [2.24, 2.45) is 5.92 Å². The zero-order valence-electron chi connectivity index (χ0n) is 21.7. The first-order valence-corrected chi connectivity index (χ1v) is 15.1. The quantitative estimate of drug-likeness (QED) is 0.404. The number of alkyl halides is 3. The van der Waals surface area contributed by atoms with E-state index in [-0.39, 0.29) is 48.1 Å². The molecule has 0 aliphatic carbocycles. The molecule has 4 rings (SSSR count). The Balaban J connectivity index is 1.64. The molecule has 1 saturated heterocycles. The lowest BCUT2D eigenvalue weighted by molar-refractivity contribution is -0.137. The van der Waals surface area contributed by atoms with E-state index in [0.29, 0.717) is 17.5 Å². The fourth-order valence-corrected chi connectivity index (χ4v) is 6.55. The smallest absolute Gasteiger partial charge is 0.343 e. The Labute approximate surface area is 230 Å². The summed E-state index contributed by atoms with van der Waals surface area (Å²) in [6.45, 7) is 3.65. The van der Waals surface area contributed by atoms with Crippen LogP contribution in [0, 0.1) is 5.92 Å². The van der Waals surface area contributed by atoms with Gasteiger partial charge in [0.1, 0.15) is 0 Å². The van der Waals surface area contributed by atoms with E-state index in [1.165, 1.54) is 58.3 Å². The van der Waals surface area contributed by atoms with Gasteiger partial charge < -0.3 is 4.90 Å². The molecule has 1 aliphatic rings. The second-order valence-corrected chi connectivity index (χ2v) is 13.3. The van der Waals surface area contributed by atoms with Crippen LogP contribution in [0.2, 0.25) is 0 Å². The minimum Gasteiger partial charge on any atom is -0.343 e. The van der Waals surface area contributed by atoms with Gasteiger partial charge in [0.25, 0.3) is 5.91 Å². The summed E-state index contributed by atoms with van der Waals surface area (Å²) < 4.78 is 94.1. The third-order valence-corrected chi connectivity index (χ3v) is 9.49. The van der Waals surface area contributed by atoms with Crippen molar-refractivity contribution in [3.05, 3.63) is 71.3 Å². The summed E-state index contributed by atoms with van der Waals surface area (Å²) in [4.78, 5) is 14.2. The minimum atomic E-state index is -4.47. The van der Waals surface area contributed by atoms with E-state index in [1.807, 2.05) is 0 Å². The van der Waals surface area contributed by atoms with Crippen molar-refractivity contribution in [2.75, 3.05) is 33.7 Å². The number of hydrogen-bond donors (Lipinski definition) is 1. The second kappa shape index (κ2) is 11.0. The standard InChI is InChI=1S/C25H28F3N5O5S2/c1-4-39(35,36)29-14-18-11-12-32(15-18)40(37,38)20-9-10-22-21(13-20)23(24(34)31(2)3)30-33(22)16-17-5-7-19(8-6-17)25(26,27)28/h4-10,13,18,29H,1,11-12,14-16H2,2-3H3. The van der Waals surface area contributed by atoms with E-state index in [1.54, 1.807) is 0 Å². The molecule has 10 nitrogen and oxygen atoms in total. The first-order chi connectivity index (χ1) is 18.6. The average molecular weight is 600 g/mol. The lowest BCUT2D eigenvalue weighted by atomic mass is 10.1. The molecule has 1 fully saturated rings. The van der Waals surface area contributed by atoms with Gasteiger partial charge in [-0.25, -0.2) is 21.6 Å². The molecule has 0 saturated carbocycles. The maximum atomic E-state index is 13.5. The maximum Gasteiger partial charge on any atom is 0.416 e. The number of aromatic nitrogens is 2. The van der Waals surface area contributed by atoms with Crippen molar-refractivity contribution in [1.82, 2.24) is 23.7 Å². The lowest BCUT2D eigenvalue weighted by Crippen LogP contribution is -2.32. The number of rotatable bonds is 9. The number of fused-ring (bicyclic) bond motifs is 1. The molecule has 2 aromatic carbocycles. The normalized spacial score (nSPS) is 16.9. The van der Waals surface area contributed by atoms with Crippen LogP contribution in [-0.4, -0.2) is 75.5 Å². The van der Waals surface area contributed by atoms with E-state index in [4.69, 9.17) is 0 Å². The Morgan fingerprint density at radius 3 is 2.42 bits per heavy atom. The highest BCUT2D eigenvalue weighted by Gasteiger charge is 2.34. The Kier molecular flexibility index (Phi) is 8.13. The van der Waals surface area contributed by atoms with E-state index in [9.17, 15) is 34.8 Å². The van der Waals surface area contributed by atoms with Gasteiger partial charge in [0.05, 0.1) is 22.5 Å². The van der Waals surface area contributed by atoms with Gasteiger partial charge in [-0.2, -0.15) is 22.6 Å². The molecule has 1 aromatic heterocycles. The summed E-state index contributed by atoms with van der Waals surface area (Å²) in [5, 5.41) is 5.45. The highest BCUT2D eigenvalue weighted by molar-refractivity contribution is 7.92. The minimum absolute atomic E-state index is 0.00194. The van der Waals surface area contributed by atoms with Gasteiger partial charge in [-0.05, 0) is 48.2 Å². The molecule has 1 N–H and O–H groups in total. The number of carbonyl (C=O) groups is 1. The second-order valence-electron chi connectivity index (χ2n) is 9.66. The van der Waals surface area contributed by atoms with Crippen LogP contribution in [-0.2, 0) is 32.8 Å². The topological polar surface area (TPSA) is 122 Å². The fourth-order valence-electron chi connectivity index (χ4n) is 4.41. The van der Waals surface area contributed by atoms with E-state index in [2.05, 4.69) is 16.4 Å². The van der Waals surface area contributed by atoms with Crippen molar-refractivity contribution >= 4 is 36.9 Å². The number of benzene rings is 2. The third kappa shape index (κ3) is 6.22. The van der Waals surface area contributed by atoms with Crippen molar-refractivity contribution < 1.29 is 34.8 Å².